The number of aliphatic imine (C=N–C) groups is 2. The quantitative estimate of drug-likeness (QED) is 0.380. The first-order valence-corrected chi connectivity index (χ1v) is 9.11. The summed E-state index contributed by atoms with van der Waals surface area (Å²) in [7, 11) is 0. The molecule has 9 nitrogen and oxygen atoms in total. The number of nitrogens with zero attached hydrogens (tertiary/aromatic N) is 2. The summed E-state index contributed by atoms with van der Waals surface area (Å²) >= 11 is 0. The van der Waals surface area contributed by atoms with E-state index >= 15 is 0 Å². The van der Waals surface area contributed by atoms with Crippen molar-refractivity contribution in [1.29, 1.82) is 0 Å². The number of anilines is 1. The minimum atomic E-state index is -0.532. The Balaban J connectivity index is 1.51. The van der Waals surface area contributed by atoms with E-state index in [0.29, 0.717) is 30.9 Å². The van der Waals surface area contributed by atoms with Gasteiger partial charge >= 0.3 is 0 Å². The van der Waals surface area contributed by atoms with E-state index in [0.717, 1.165) is 23.1 Å². The number of nitrogens with two attached hydrogens (primary N) is 1. The molecule has 150 valence electrons. The first-order valence-electron chi connectivity index (χ1n) is 9.11. The fourth-order valence-corrected chi connectivity index (χ4v) is 2.92. The lowest BCUT2D eigenvalue weighted by Gasteiger charge is -2.20. The van der Waals surface area contributed by atoms with Crippen molar-refractivity contribution in [3.8, 4) is 0 Å². The van der Waals surface area contributed by atoms with Gasteiger partial charge in [0.05, 0.1) is 0 Å². The molecule has 0 aromatic heterocycles. The summed E-state index contributed by atoms with van der Waals surface area (Å²) < 4.78 is 0. The molecule has 1 aromatic carbocycles. The molecule has 9 heteroatoms. The SMILES string of the molecule is C/C(=C/CNC(=O)c1ccc(NCC2=CN=C3N=C(N)NC(=O)C23)cc1)CC=O. The standard InChI is InChI=1S/C20H22N6O3/c1-12(7-9-27)6-8-22-18(28)13-2-4-15(5-3-13)23-10-14-11-24-17-16(14)19(29)26-20(21)25-17/h2-6,9,11,16,23H,7-8,10H2,1H3,(H,22,28)(H3,21,24,25,26,29)/b12-6-. The summed E-state index contributed by atoms with van der Waals surface area (Å²) in [6, 6.07) is 7.00. The molecule has 0 aliphatic carbocycles. The summed E-state index contributed by atoms with van der Waals surface area (Å²) in [5.41, 5.74) is 8.56. The van der Waals surface area contributed by atoms with Crippen LogP contribution in [-0.2, 0) is 9.59 Å². The molecule has 29 heavy (non-hydrogen) atoms. The monoisotopic (exact) mass is 394 g/mol. The number of amidine groups is 1. The minimum absolute atomic E-state index is 0.0517. The van der Waals surface area contributed by atoms with E-state index in [1.807, 2.05) is 13.0 Å². The van der Waals surface area contributed by atoms with E-state index in [1.165, 1.54) is 0 Å². The van der Waals surface area contributed by atoms with Crippen molar-refractivity contribution < 1.29 is 14.4 Å². The van der Waals surface area contributed by atoms with Crippen LogP contribution in [0, 0.1) is 5.92 Å². The van der Waals surface area contributed by atoms with Crippen LogP contribution in [-0.4, -0.2) is 43.0 Å². The van der Waals surface area contributed by atoms with Gasteiger partial charge in [0.2, 0.25) is 11.9 Å². The van der Waals surface area contributed by atoms with Crippen LogP contribution in [0.1, 0.15) is 23.7 Å². The van der Waals surface area contributed by atoms with Crippen molar-refractivity contribution >= 4 is 35.6 Å². The molecule has 1 unspecified atom stereocenters. The number of guanidine groups is 1. The van der Waals surface area contributed by atoms with Gasteiger partial charge in [-0.1, -0.05) is 11.6 Å². The zero-order valence-electron chi connectivity index (χ0n) is 15.9. The highest BCUT2D eigenvalue weighted by molar-refractivity contribution is 6.19. The predicted molar refractivity (Wildman–Crippen MR) is 110 cm³/mol. The Bertz CT molecular complexity index is 943. The maximum Gasteiger partial charge on any atom is 0.251 e. The second-order valence-corrected chi connectivity index (χ2v) is 6.67. The van der Waals surface area contributed by atoms with Crippen molar-refractivity contribution in [2.45, 2.75) is 13.3 Å². The average Bonchev–Trinajstić information content (AvgIpc) is 3.10. The number of carbonyl (C=O) groups excluding carboxylic acids is 3. The molecule has 2 aliphatic rings. The van der Waals surface area contributed by atoms with Crippen LogP contribution in [0.15, 0.2) is 57.7 Å². The van der Waals surface area contributed by atoms with Gasteiger partial charge in [-0.15, -0.1) is 0 Å². The van der Waals surface area contributed by atoms with E-state index in [1.54, 1.807) is 30.5 Å². The zero-order valence-corrected chi connectivity index (χ0v) is 15.9. The molecule has 2 amide bonds. The maximum atomic E-state index is 12.2. The fraction of sp³-hybridized carbons (Fsp3) is 0.250. The molecule has 5 N–H and O–H groups in total. The van der Waals surface area contributed by atoms with Gasteiger partial charge in [-0.05, 0) is 36.8 Å². The van der Waals surface area contributed by atoms with Gasteiger partial charge in [-0.2, -0.15) is 4.99 Å². The highest BCUT2D eigenvalue weighted by Gasteiger charge is 2.35. The number of amides is 2. The molecule has 0 saturated carbocycles. The van der Waals surface area contributed by atoms with Crippen LogP contribution in [0.2, 0.25) is 0 Å². The molecule has 0 radical (unpaired) electrons. The van der Waals surface area contributed by atoms with Crippen LogP contribution in [0.25, 0.3) is 0 Å². The average molecular weight is 394 g/mol. The Labute approximate surface area is 167 Å². The summed E-state index contributed by atoms with van der Waals surface area (Å²) in [6.07, 6.45) is 4.63. The largest absolute Gasteiger partial charge is 0.381 e. The second kappa shape index (κ2) is 8.96. The van der Waals surface area contributed by atoms with Crippen LogP contribution >= 0.6 is 0 Å². The van der Waals surface area contributed by atoms with Crippen molar-refractivity contribution in [3.63, 3.8) is 0 Å². The molecule has 0 spiro atoms. The first kappa shape index (κ1) is 20.0. The van der Waals surface area contributed by atoms with Gasteiger partial charge in [0.1, 0.15) is 18.0 Å². The Hall–Kier alpha value is -3.75. The lowest BCUT2D eigenvalue weighted by atomic mass is 9.98. The number of rotatable bonds is 8. The smallest absolute Gasteiger partial charge is 0.251 e. The van der Waals surface area contributed by atoms with Crippen LogP contribution < -0.4 is 21.7 Å². The molecular formula is C20H22N6O3. The van der Waals surface area contributed by atoms with Crippen molar-refractivity contribution in [2.75, 3.05) is 18.4 Å². The van der Waals surface area contributed by atoms with E-state index in [9.17, 15) is 14.4 Å². The topological polar surface area (TPSA) is 138 Å². The minimum Gasteiger partial charge on any atom is -0.381 e. The highest BCUT2D eigenvalue weighted by atomic mass is 16.2. The second-order valence-electron chi connectivity index (χ2n) is 6.67. The van der Waals surface area contributed by atoms with E-state index < -0.39 is 5.92 Å². The number of hydrogen-bond donors (Lipinski definition) is 4. The molecule has 0 bridgehead atoms. The Morgan fingerprint density at radius 2 is 2.07 bits per heavy atom. The van der Waals surface area contributed by atoms with Crippen LogP contribution in [0.4, 0.5) is 5.69 Å². The molecule has 3 rings (SSSR count). The molecule has 1 aromatic rings. The van der Waals surface area contributed by atoms with Gasteiger partial charge in [0.15, 0.2) is 0 Å². The summed E-state index contributed by atoms with van der Waals surface area (Å²) in [6.45, 7) is 2.62. The van der Waals surface area contributed by atoms with Gasteiger partial charge in [0, 0.05) is 37.0 Å². The third kappa shape index (κ3) is 4.95. The summed E-state index contributed by atoms with van der Waals surface area (Å²) in [5.74, 6) is -0.525. The third-order valence-corrected chi connectivity index (χ3v) is 4.50. The molecule has 2 heterocycles. The van der Waals surface area contributed by atoms with E-state index in [2.05, 4.69) is 25.9 Å². The fourth-order valence-electron chi connectivity index (χ4n) is 2.92. The van der Waals surface area contributed by atoms with Crippen LogP contribution in [0.3, 0.4) is 0 Å². The number of nitrogens with one attached hydrogen (secondary N) is 3. The highest BCUT2D eigenvalue weighted by Crippen LogP contribution is 2.24. The normalized spacial score (nSPS) is 18.1. The number of benzene rings is 1. The number of hydrogen-bond acceptors (Lipinski definition) is 7. The predicted octanol–water partition coefficient (Wildman–Crippen LogP) is 0.720. The Morgan fingerprint density at radius 1 is 1.31 bits per heavy atom. The van der Waals surface area contributed by atoms with Crippen LogP contribution in [0.5, 0.6) is 0 Å². The third-order valence-electron chi connectivity index (χ3n) is 4.50. The van der Waals surface area contributed by atoms with Gasteiger partial charge in [-0.25, -0.2) is 4.99 Å². The first-order chi connectivity index (χ1) is 14.0. The van der Waals surface area contributed by atoms with Crippen molar-refractivity contribution in [2.24, 2.45) is 21.6 Å². The molecule has 2 aliphatic heterocycles. The lowest BCUT2D eigenvalue weighted by Crippen LogP contribution is -2.47. The summed E-state index contributed by atoms with van der Waals surface area (Å²) in [4.78, 5) is 42.9. The zero-order chi connectivity index (χ0) is 20.8. The number of allylic oxidation sites excluding steroid dienone is 1. The van der Waals surface area contributed by atoms with Crippen molar-refractivity contribution in [3.05, 3.63) is 53.3 Å². The molecule has 0 fully saturated rings. The van der Waals surface area contributed by atoms with E-state index in [-0.39, 0.29) is 17.8 Å². The number of aldehydes is 1. The summed E-state index contributed by atoms with van der Waals surface area (Å²) in [5, 5.41) is 8.50. The van der Waals surface area contributed by atoms with Gasteiger partial charge in [0.25, 0.3) is 5.91 Å². The van der Waals surface area contributed by atoms with Gasteiger partial charge in [-0.3, -0.25) is 14.9 Å². The Kier molecular flexibility index (Phi) is 6.18. The Morgan fingerprint density at radius 3 is 2.79 bits per heavy atom. The number of fused-ring (bicyclic) bond motifs is 1. The van der Waals surface area contributed by atoms with E-state index in [4.69, 9.17) is 5.73 Å². The molecule has 1 atom stereocenters. The van der Waals surface area contributed by atoms with Gasteiger partial charge < -0.3 is 21.2 Å². The van der Waals surface area contributed by atoms with Crippen molar-refractivity contribution in [1.82, 2.24) is 10.6 Å². The molecular weight excluding hydrogens is 372 g/mol. The lowest BCUT2D eigenvalue weighted by molar-refractivity contribution is -0.120. The molecule has 0 saturated heterocycles. The maximum absolute atomic E-state index is 12.2. The number of carbonyl (C=O) groups is 3.